The number of unbranched alkanes of at least 4 members (excludes halogenated alkanes) is 1. The largest absolute Gasteiger partial charge is 0.393 e. The van der Waals surface area contributed by atoms with Gasteiger partial charge in [-0.2, -0.15) is 0 Å². The smallest absolute Gasteiger partial charge is 0.0524 e. The van der Waals surface area contributed by atoms with Crippen molar-refractivity contribution < 1.29 is 5.11 Å². The third-order valence-electron chi connectivity index (χ3n) is 1.85. The lowest BCUT2D eigenvalue weighted by Crippen LogP contribution is -2.23. The molecule has 0 rings (SSSR count). The van der Waals surface area contributed by atoms with Crippen molar-refractivity contribution in [3.63, 3.8) is 0 Å². The Morgan fingerprint density at radius 3 is 2.50 bits per heavy atom. The van der Waals surface area contributed by atoms with Crippen molar-refractivity contribution in [1.82, 2.24) is 4.90 Å². The number of hydrogen-bond donors (Lipinski definition) is 1. The Hall–Kier alpha value is 0.210. The first-order valence-electron chi connectivity index (χ1n) is 4.59. The lowest BCUT2D eigenvalue weighted by molar-refractivity contribution is 0.164. The van der Waals surface area contributed by atoms with E-state index in [9.17, 15) is 0 Å². The zero-order chi connectivity index (χ0) is 9.40. The lowest BCUT2D eigenvalue weighted by atomic mass is 10.2. The highest BCUT2D eigenvalue weighted by Gasteiger charge is 2.00. The quantitative estimate of drug-likeness (QED) is 0.492. The molecule has 0 spiro atoms. The summed E-state index contributed by atoms with van der Waals surface area (Å²) in [6.07, 6.45) is 2.91. The molecule has 0 amide bonds. The van der Waals surface area contributed by atoms with Gasteiger partial charge in [-0.15, -0.1) is 11.6 Å². The highest BCUT2D eigenvalue weighted by atomic mass is 35.5. The van der Waals surface area contributed by atoms with Crippen LogP contribution in [-0.4, -0.2) is 42.1 Å². The maximum Gasteiger partial charge on any atom is 0.0524 e. The molecular weight excluding hydrogens is 174 g/mol. The molecule has 0 aromatic heterocycles. The van der Waals surface area contributed by atoms with E-state index in [0.29, 0.717) is 0 Å². The second-order valence-electron chi connectivity index (χ2n) is 3.34. The summed E-state index contributed by atoms with van der Waals surface area (Å²) in [6.45, 7) is 3.88. The Morgan fingerprint density at radius 1 is 1.33 bits per heavy atom. The summed E-state index contributed by atoms with van der Waals surface area (Å²) in [5.41, 5.74) is 0. The van der Waals surface area contributed by atoms with Crippen LogP contribution in [0.15, 0.2) is 0 Å². The van der Waals surface area contributed by atoms with Gasteiger partial charge < -0.3 is 10.0 Å². The van der Waals surface area contributed by atoms with Crippen LogP contribution in [0, 0.1) is 0 Å². The fourth-order valence-corrected chi connectivity index (χ4v) is 1.18. The van der Waals surface area contributed by atoms with Gasteiger partial charge in [-0.1, -0.05) is 0 Å². The molecule has 0 aromatic carbocycles. The van der Waals surface area contributed by atoms with Gasteiger partial charge in [0.1, 0.15) is 0 Å². The van der Waals surface area contributed by atoms with Crippen molar-refractivity contribution in [2.24, 2.45) is 0 Å². The van der Waals surface area contributed by atoms with Crippen molar-refractivity contribution in [3.8, 4) is 0 Å². The van der Waals surface area contributed by atoms with E-state index >= 15 is 0 Å². The van der Waals surface area contributed by atoms with E-state index in [4.69, 9.17) is 16.7 Å². The maximum absolute atomic E-state index is 9.03. The molecule has 0 radical (unpaired) electrons. The van der Waals surface area contributed by atoms with E-state index in [-0.39, 0.29) is 6.10 Å². The van der Waals surface area contributed by atoms with Gasteiger partial charge in [0.15, 0.2) is 0 Å². The number of alkyl halides is 1. The molecule has 3 heteroatoms. The molecule has 0 heterocycles. The predicted octanol–water partition coefficient (Wildman–Crippen LogP) is 1.71. The van der Waals surface area contributed by atoms with Gasteiger partial charge in [0.05, 0.1) is 6.10 Å². The Labute approximate surface area is 80.5 Å². The van der Waals surface area contributed by atoms with E-state index < -0.39 is 0 Å². The summed E-state index contributed by atoms with van der Waals surface area (Å²) in [4.78, 5) is 2.24. The number of rotatable bonds is 7. The van der Waals surface area contributed by atoms with Crippen LogP contribution in [0.3, 0.4) is 0 Å². The number of nitrogens with zero attached hydrogens (tertiary/aromatic N) is 1. The number of halogens is 1. The van der Waals surface area contributed by atoms with Crippen molar-refractivity contribution in [2.75, 3.05) is 26.0 Å². The van der Waals surface area contributed by atoms with Crippen LogP contribution >= 0.6 is 11.6 Å². The molecule has 0 bridgehead atoms. The Morgan fingerprint density at radius 2 is 2.00 bits per heavy atom. The average molecular weight is 194 g/mol. The van der Waals surface area contributed by atoms with Crippen LogP contribution in [0.4, 0.5) is 0 Å². The molecular formula is C9H20ClNO. The minimum atomic E-state index is -0.180. The van der Waals surface area contributed by atoms with Crippen LogP contribution in [-0.2, 0) is 0 Å². The van der Waals surface area contributed by atoms with Gasteiger partial charge in [-0.3, -0.25) is 0 Å². The first-order chi connectivity index (χ1) is 5.66. The van der Waals surface area contributed by atoms with Gasteiger partial charge in [0.25, 0.3) is 0 Å². The first-order valence-corrected chi connectivity index (χ1v) is 5.13. The Bertz CT molecular complexity index is 98.5. The van der Waals surface area contributed by atoms with Crippen LogP contribution in [0.2, 0.25) is 0 Å². The molecule has 0 saturated heterocycles. The van der Waals surface area contributed by atoms with E-state index in [0.717, 1.165) is 38.2 Å². The summed E-state index contributed by atoms with van der Waals surface area (Å²) in [5, 5.41) is 9.03. The van der Waals surface area contributed by atoms with Gasteiger partial charge >= 0.3 is 0 Å². The molecule has 1 atom stereocenters. The van der Waals surface area contributed by atoms with E-state index in [2.05, 4.69) is 11.9 Å². The highest BCUT2D eigenvalue weighted by Crippen LogP contribution is 1.97. The summed E-state index contributed by atoms with van der Waals surface area (Å²) in [5.74, 6) is 0.754. The molecule has 1 N–H and O–H groups in total. The molecule has 0 aliphatic carbocycles. The van der Waals surface area contributed by atoms with Crippen molar-refractivity contribution in [1.29, 1.82) is 0 Å². The molecule has 2 nitrogen and oxygen atoms in total. The van der Waals surface area contributed by atoms with Crippen LogP contribution in [0.25, 0.3) is 0 Å². The van der Waals surface area contributed by atoms with Gasteiger partial charge in [0, 0.05) is 12.4 Å². The second-order valence-corrected chi connectivity index (χ2v) is 3.72. The topological polar surface area (TPSA) is 23.5 Å². The van der Waals surface area contributed by atoms with E-state index in [1.54, 1.807) is 0 Å². The third kappa shape index (κ3) is 8.31. The SMILES string of the molecule is CC(O)CCN(C)CCCCCl. The third-order valence-corrected chi connectivity index (χ3v) is 2.12. The monoisotopic (exact) mass is 193 g/mol. The van der Waals surface area contributed by atoms with Crippen molar-refractivity contribution >= 4 is 11.6 Å². The summed E-state index contributed by atoms with van der Waals surface area (Å²) < 4.78 is 0. The molecule has 0 aliphatic rings. The van der Waals surface area contributed by atoms with Crippen molar-refractivity contribution in [2.45, 2.75) is 32.3 Å². The van der Waals surface area contributed by atoms with Gasteiger partial charge in [-0.05, 0) is 39.8 Å². The summed E-state index contributed by atoms with van der Waals surface area (Å²) in [7, 11) is 2.08. The van der Waals surface area contributed by atoms with E-state index in [1.165, 1.54) is 0 Å². The zero-order valence-electron chi connectivity index (χ0n) is 8.09. The minimum Gasteiger partial charge on any atom is -0.393 e. The number of aliphatic hydroxyl groups is 1. The van der Waals surface area contributed by atoms with Gasteiger partial charge in [0.2, 0.25) is 0 Å². The minimum absolute atomic E-state index is 0.180. The maximum atomic E-state index is 9.03. The predicted molar refractivity (Wildman–Crippen MR) is 53.7 cm³/mol. The molecule has 0 aromatic rings. The molecule has 74 valence electrons. The standard InChI is InChI=1S/C9H20ClNO/c1-9(12)5-8-11(2)7-4-3-6-10/h9,12H,3-8H2,1-2H3. The average Bonchev–Trinajstić information content (AvgIpc) is 2.01. The van der Waals surface area contributed by atoms with Crippen molar-refractivity contribution in [3.05, 3.63) is 0 Å². The fraction of sp³-hybridized carbons (Fsp3) is 1.00. The van der Waals surface area contributed by atoms with Crippen LogP contribution in [0.1, 0.15) is 26.2 Å². The molecule has 0 aliphatic heterocycles. The fourth-order valence-electron chi connectivity index (χ4n) is 0.995. The normalized spacial score (nSPS) is 13.8. The van der Waals surface area contributed by atoms with Gasteiger partial charge in [-0.25, -0.2) is 0 Å². The molecule has 0 fully saturated rings. The van der Waals surface area contributed by atoms with Crippen LogP contribution in [0.5, 0.6) is 0 Å². The second kappa shape index (κ2) is 7.84. The molecule has 0 saturated carbocycles. The molecule has 1 unspecified atom stereocenters. The van der Waals surface area contributed by atoms with E-state index in [1.807, 2.05) is 6.92 Å². The first kappa shape index (κ1) is 12.2. The molecule has 12 heavy (non-hydrogen) atoms. The zero-order valence-corrected chi connectivity index (χ0v) is 8.85. The van der Waals surface area contributed by atoms with Crippen LogP contribution < -0.4 is 0 Å². The Balaban J connectivity index is 3.15. The number of hydrogen-bond acceptors (Lipinski definition) is 2. The highest BCUT2D eigenvalue weighted by molar-refractivity contribution is 6.17. The summed E-state index contributed by atoms with van der Waals surface area (Å²) >= 11 is 5.55. The lowest BCUT2D eigenvalue weighted by Gasteiger charge is -2.16. The number of aliphatic hydroxyl groups excluding tert-OH is 1. The summed E-state index contributed by atoms with van der Waals surface area (Å²) in [6, 6.07) is 0. The Kier molecular flexibility index (Phi) is 7.98.